The second-order valence-electron chi connectivity index (χ2n) is 6.39. The maximum Gasteiger partial charge on any atom is 0.437 e. The summed E-state index contributed by atoms with van der Waals surface area (Å²) in [4.78, 5) is 27.2. The largest absolute Gasteiger partial charge is 0.444 e. The van der Waals surface area contributed by atoms with Crippen molar-refractivity contribution in [3.8, 4) is 0 Å². The summed E-state index contributed by atoms with van der Waals surface area (Å²) >= 11 is 0. The standard InChI is InChI=1S/C13H21N5O4/c1-12(2,3)21-10(19)15-9(18-8-7-14-17-18)16-11(20)22-13(4,5)6/h7-8H,1-6H3,(H,15,16,19,20). The van der Waals surface area contributed by atoms with E-state index in [-0.39, 0.29) is 5.96 Å². The van der Waals surface area contributed by atoms with Crippen molar-refractivity contribution in [3.63, 3.8) is 0 Å². The summed E-state index contributed by atoms with van der Waals surface area (Å²) in [5, 5.41) is 9.61. The summed E-state index contributed by atoms with van der Waals surface area (Å²) in [7, 11) is 0. The fourth-order valence-electron chi connectivity index (χ4n) is 1.22. The number of alkyl carbamates (subject to hydrolysis) is 1. The highest BCUT2D eigenvalue weighted by Crippen LogP contribution is 2.09. The zero-order chi connectivity index (χ0) is 17.0. The molecule has 0 fully saturated rings. The van der Waals surface area contributed by atoms with Crippen LogP contribution >= 0.6 is 0 Å². The van der Waals surface area contributed by atoms with Crippen molar-refractivity contribution >= 4 is 18.1 Å². The molecule has 1 aromatic rings. The fourth-order valence-corrected chi connectivity index (χ4v) is 1.22. The zero-order valence-electron chi connectivity index (χ0n) is 13.6. The number of aliphatic imine (C=N–C) groups is 1. The minimum atomic E-state index is -0.867. The van der Waals surface area contributed by atoms with Crippen LogP contribution in [0.2, 0.25) is 0 Å². The summed E-state index contributed by atoms with van der Waals surface area (Å²) < 4.78 is 11.3. The van der Waals surface area contributed by atoms with Gasteiger partial charge in [-0.1, -0.05) is 5.21 Å². The van der Waals surface area contributed by atoms with Crippen molar-refractivity contribution in [2.24, 2.45) is 4.99 Å². The van der Waals surface area contributed by atoms with Crippen LogP contribution in [0.5, 0.6) is 0 Å². The minimum Gasteiger partial charge on any atom is -0.444 e. The monoisotopic (exact) mass is 311 g/mol. The third kappa shape index (κ3) is 6.82. The number of hydrogen-bond donors (Lipinski definition) is 1. The number of rotatable bonds is 0. The lowest BCUT2D eigenvalue weighted by Crippen LogP contribution is -2.40. The molecule has 0 spiro atoms. The summed E-state index contributed by atoms with van der Waals surface area (Å²) in [6.45, 7) is 10.3. The van der Waals surface area contributed by atoms with Crippen molar-refractivity contribution in [1.29, 1.82) is 0 Å². The summed E-state index contributed by atoms with van der Waals surface area (Å²) in [6, 6.07) is 0. The number of nitrogens with one attached hydrogen (secondary N) is 1. The molecule has 0 aromatic carbocycles. The van der Waals surface area contributed by atoms with Gasteiger partial charge in [0.1, 0.15) is 11.2 Å². The molecule has 0 aliphatic carbocycles. The predicted molar refractivity (Wildman–Crippen MR) is 78.5 cm³/mol. The second kappa shape index (κ2) is 6.54. The molecule has 9 heteroatoms. The van der Waals surface area contributed by atoms with Crippen LogP contribution in [0.15, 0.2) is 17.4 Å². The van der Waals surface area contributed by atoms with Crippen molar-refractivity contribution in [1.82, 2.24) is 20.3 Å². The topological polar surface area (TPSA) is 108 Å². The Morgan fingerprint density at radius 1 is 1.09 bits per heavy atom. The molecule has 122 valence electrons. The Morgan fingerprint density at radius 2 is 1.68 bits per heavy atom. The van der Waals surface area contributed by atoms with Gasteiger partial charge >= 0.3 is 12.2 Å². The average Bonchev–Trinajstić information content (AvgIpc) is 2.75. The number of hydrogen-bond acceptors (Lipinski definition) is 6. The number of nitrogens with zero attached hydrogens (tertiary/aromatic N) is 4. The van der Waals surface area contributed by atoms with E-state index in [9.17, 15) is 9.59 Å². The minimum absolute atomic E-state index is 0.166. The lowest BCUT2D eigenvalue weighted by molar-refractivity contribution is 0.0560. The average molecular weight is 311 g/mol. The molecule has 1 rings (SSSR count). The van der Waals surface area contributed by atoms with Gasteiger partial charge in [-0.05, 0) is 41.5 Å². The Labute approximate surface area is 128 Å². The molecule has 0 aliphatic heterocycles. The Hall–Kier alpha value is -2.45. The molecule has 1 aromatic heterocycles. The van der Waals surface area contributed by atoms with E-state index in [1.54, 1.807) is 41.5 Å². The van der Waals surface area contributed by atoms with Gasteiger partial charge in [0, 0.05) is 0 Å². The van der Waals surface area contributed by atoms with Gasteiger partial charge in [0.2, 0.25) is 5.96 Å². The van der Waals surface area contributed by atoms with Crippen molar-refractivity contribution < 1.29 is 19.1 Å². The van der Waals surface area contributed by atoms with Crippen LogP contribution in [0, 0.1) is 0 Å². The molecule has 0 saturated carbocycles. The van der Waals surface area contributed by atoms with Crippen molar-refractivity contribution in [3.05, 3.63) is 12.4 Å². The van der Waals surface area contributed by atoms with E-state index >= 15 is 0 Å². The van der Waals surface area contributed by atoms with Gasteiger partial charge in [-0.3, -0.25) is 5.32 Å². The normalized spacial score (nSPS) is 12.7. The molecule has 0 saturated heterocycles. The van der Waals surface area contributed by atoms with Crippen LogP contribution in [0.4, 0.5) is 9.59 Å². The summed E-state index contributed by atoms with van der Waals surface area (Å²) in [5.74, 6) is -0.166. The first kappa shape index (κ1) is 17.6. The quantitative estimate of drug-likeness (QED) is 0.579. The lowest BCUT2D eigenvalue weighted by atomic mass is 10.2. The third-order valence-corrected chi connectivity index (χ3v) is 1.84. The molecule has 2 amide bonds. The Morgan fingerprint density at radius 3 is 2.14 bits per heavy atom. The van der Waals surface area contributed by atoms with Gasteiger partial charge in [-0.25, -0.2) is 9.59 Å². The molecular weight excluding hydrogens is 290 g/mol. The van der Waals surface area contributed by atoms with E-state index in [2.05, 4.69) is 20.6 Å². The second-order valence-corrected chi connectivity index (χ2v) is 6.39. The molecule has 0 bridgehead atoms. The maximum atomic E-state index is 11.8. The van der Waals surface area contributed by atoms with Crippen LogP contribution in [0.25, 0.3) is 0 Å². The summed E-state index contributed by atoms with van der Waals surface area (Å²) in [5.41, 5.74) is -1.40. The van der Waals surface area contributed by atoms with Crippen molar-refractivity contribution in [2.45, 2.75) is 52.7 Å². The smallest absolute Gasteiger partial charge is 0.437 e. The van der Waals surface area contributed by atoms with Gasteiger partial charge in [-0.15, -0.1) is 10.1 Å². The van der Waals surface area contributed by atoms with Gasteiger partial charge in [0.15, 0.2) is 0 Å². The van der Waals surface area contributed by atoms with Crippen LogP contribution in [-0.2, 0) is 9.47 Å². The molecule has 0 atom stereocenters. The first-order valence-electron chi connectivity index (χ1n) is 6.65. The number of aromatic nitrogens is 3. The highest BCUT2D eigenvalue weighted by atomic mass is 16.6. The predicted octanol–water partition coefficient (Wildman–Crippen LogP) is 1.94. The van der Waals surface area contributed by atoms with Crippen LogP contribution < -0.4 is 5.32 Å². The Balaban J connectivity index is 2.91. The number of carbonyl (C=O) groups excluding carboxylic acids is 2. The number of amides is 2. The van der Waals surface area contributed by atoms with Crippen molar-refractivity contribution in [2.75, 3.05) is 0 Å². The molecule has 0 aliphatic rings. The molecule has 1 heterocycles. The fraction of sp³-hybridized carbons (Fsp3) is 0.615. The van der Waals surface area contributed by atoms with Crippen LogP contribution in [0.3, 0.4) is 0 Å². The molecule has 9 nitrogen and oxygen atoms in total. The lowest BCUT2D eigenvalue weighted by Gasteiger charge is -2.20. The van der Waals surface area contributed by atoms with E-state index < -0.39 is 23.4 Å². The van der Waals surface area contributed by atoms with Crippen LogP contribution in [-0.4, -0.2) is 44.3 Å². The van der Waals surface area contributed by atoms with Gasteiger partial charge in [0.25, 0.3) is 0 Å². The SMILES string of the molecule is CC(C)(C)OC(=O)N=C(NC(=O)OC(C)(C)C)n1ccnn1. The van der Waals surface area contributed by atoms with E-state index in [1.165, 1.54) is 12.4 Å². The van der Waals surface area contributed by atoms with E-state index in [0.717, 1.165) is 4.68 Å². The third-order valence-electron chi connectivity index (χ3n) is 1.84. The first-order valence-corrected chi connectivity index (χ1v) is 6.65. The van der Waals surface area contributed by atoms with E-state index in [1.807, 2.05) is 0 Å². The zero-order valence-corrected chi connectivity index (χ0v) is 13.6. The first-order chi connectivity index (χ1) is 9.96. The summed E-state index contributed by atoms with van der Waals surface area (Å²) in [6.07, 6.45) is 1.15. The number of ether oxygens (including phenoxy) is 2. The van der Waals surface area contributed by atoms with Gasteiger partial charge in [-0.2, -0.15) is 4.68 Å². The van der Waals surface area contributed by atoms with E-state index in [0.29, 0.717) is 0 Å². The Bertz CT molecular complexity index is 552. The highest BCUT2D eigenvalue weighted by Gasteiger charge is 2.21. The van der Waals surface area contributed by atoms with Crippen LogP contribution in [0.1, 0.15) is 41.5 Å². The molecule has 1 N–H and O–H groups in total. The molecule has 0 unspecified atom stereocenters. The molecule has 0 radical (unpaired) electrons. The molecule has 22 heavy (non-hydrogen) atoms. The highest BCUT2D eigenvalue weighted by molar-refractivity contribution is 5.99. The molecular formula is C13H21N5O4. The number of carbonyl (C=O) groups is 2. The van der Waals surface area contributed by atoms with E-state index in [4.69, 9.17) is 9.47 Å². The Kier molecular flexibility index (Phi) is 5.23. The van der Waals surface area contributed by atoms with Gasteiger partial charge in [0.05, 0.1) is 12.4 Å². The maximum absolute atomic E-state index is 11.8. The van der Waals surface area contributed by atoms with Gasteiger partial charge < -0.3 is 9.47 Å².